The van der Waals surface area contributed by atoms with Crippen LogP contribution in [-0.4, -0.2) is 29.2 Å². The van der Waals surface area contributed by atoms with Crippen LogP contribution >= 0.6 is 0 Å². The maximum absolute atomic E-state index is 12.4. The van der Waals surface area contributed by atoms with Crippen LogP contribution < -0.4 is 4.74 Å². The summed E-state index contributed by atoms with van der Waals surface area (Å²) < 4.78 is 5.46. The van der Waals surface area contributed by atoms with E-state index in [0.717, 1.165) is 5.56 Å². The van der Waals surface area contributed by atoms with Gasteiger partial charge in [-0.2, -0.15) is 0 Å². The van der Waals surface area contributed by atoms with Crippen molar-refractivity contribution in [1.29, 1.82) is 0 Å². The molecule has 1 heterocycles. The Morgan fingerprint density at radius 2 is 1.70 bits per heavy atom. The number of hydrogen-bond donors (Lipinski definition) is 0. The number of benzene rings is 1. The molecule has 0 saturated carbocycles. The molecular weight excluding hydrogens is 342 g/mol. The molecule has 27 heavy (non-hydrogen) atoms. The quantitative estimate of drug-likeness (QED) is 0.352. The first kappa shape index (κ1) is 19.3. The minimum Gasteiger partial charge on any atom is -0.426 e. The van der Waals surface area contributed by atoms with Crippen molar-refractivity contribution in [3.8, 4) is 5.75 Å². The number of fused-ring (bicyclic) bond motifs is 1. The molecule has 0 radical (unpaired) electrons. The van der Waals surface area contributed by atoms with E-state index in [1.165, 1.54) is 10.5 Å². The zero-order valence-electron chi connectivity index (χ0n) is 16.5. The van der Waals surface area contributed by atoms with Gasteiger partial charge in [0, 0.05) is 6.54 Å². The Balaban J connectivity index is 1.59. The molecule has 1 fully saturated rings. The number of rotatable bonds is 4. The zero-order valence-corrected chi connectivity index (χ0v) is 16.5. The Bertz CT molecular complexity index is 777. The van der Waals surface area contributed by atoms with Crippen molar-refractivity contribution in [3.05, 3.63) is 41.5 Å². The van der Waals surface area contributed by atoms with Crippen molar-refractivity contribution in [1.82, 2.24) is 4.90 Å². The molecule has 144 valence electrons. The summed E-state index contributed by atoms with van der Waals surface area (Å²) in [6, 6.07) is 5.79. The van der Waals surface area contributed by atoms with Crippen LogP contribution in [0.2, 0.25) is 0 Å². The summed E-state index contributed by atoms with van der Waals surface area (Å²) in [4.78, 5) is 38.3. The Morgan fingerprint density at radius 3 is 2.22 bits per heavy atom. The number of amides is 2. The number of allylic oxidation sites excluding steroid dienone is 2. The van der Waals surface area contributed by atoms with E-state index in [0.29, 0.717) is 18.6 Å². The summed E-state index contributed by atoms with van der Waals surface area (Å²) >= 11 is 0. The van der Waals surface area contributed by atoms with Crippen molar-refractivity contribution >= 4 is 17.8 Å². The topological polar surface area (TPSA) is 63.7 Å². The summed E-state index contributed by atoms with van der Waals surface area (Å²) in [6.07, 6.45) is 5.12. The lowest BCUT2D eigenvalue weighted by Crippen LogP contribution is -2.33. The molecule has 1 aromatic rings. The van der Waals surface area contributed by atoms with Gasteiger partial charge < -0.3 is 4.74 Å². The summed E-state index contributed by atoms with van der Waals surface area (Å²) in [6.45, 7) is 8.38. The van der Waals surface area contributed by atoms with Gasteiger partial charge in [-0.15, -0.1) is 0 Å². The molecule has 1 aromatic carbocycles. The van der Waals surface area contributed by atoms with Crippen LogP contribution in [0.1, 0.15) is 51.2 Å². The number of carbonyl (C=O) groups is 3. The summed E-state index contributed by atoms with van der Waals surface area (Å²) in [5, 5.41) is 0. The first-order valence-corrected chi connectivity index (χ1v) is 9.50. The number of hydrogen-bond acceptors (Lipinski definition) is 4. The molecule has 0 bridgehead atoms. The van der Waals surface area contributed by atoms with Crippen molar-refractivity contribution < 1.29 is 19.1 Å². The molecule has 1 aliphatic carbocycles. The van der Waals surface area contributed by atoms with Gasteiger partial charge >= 0.3 is 5.97 Å². The largest absolute Gasteiger partial charge is 0.426 e. The predicted molar refractivity (Wildman–Crippen MR) is 102 cm³/mol. The van der Waals surface area contributed by atoms with Gasteiger partial charge in [-0.25, -0.2) is 0 Å². The summed E-state index contributed by atoms with van der Waals surface area (Å²) in [7, 11) is 0. The number of imide groups is 1. The maximum Gasteiger partial charge on any atom is 0.313 e. The lowest BCUT2D eigenvalue weighted by molar-refractivity contribution is -0.141. The monoisotopic (exact) mass is 369 g/mol. The molecule has 1 saturated heterocycles. The molecule has 3 rings (SSSR count). The predicted octanol–water partition coefficient (Wildman–Crippen LogP) is 3.54. The highest BCUT2D eigenvalue weighted by Crippen LogP contribution is 2.35. The van der Waals surface area contributed by atoms with E-state index in [4.69, 9.17) is 4.74 Å². The molecule has 5 heteroatoms. The van der Waals surface area contributed by atoms with E-state index in [9.17, 15) is 14.4 Å². The Labute approximate surface area is 160 Å². The van der Waals surface area contributed by atoms with Gasteiger partial charge in [0.05, 0.1) is 18.3 Å². The number of likely N-dealkylation sites (tertiary alicyclic amines) is 1. The van der Waals surface area contributed by atoms with Crippen LogP contribution in [0.15, 0.2) is 30.4 Å². The van der Waals surface area contributed by atoms with Gasteiger partial charge in [0.25, 0.3) is 0 Å². The number of aryl methyl sites for hydroxylation is 1. The van der Waals surface area contributed by atoms with E-state index in [1.807, 2.05) is 31.2 Å². The number of esters is 1. The third-order valence-electron chi connectivity index (χ3n) is 5.40. The van der Waals surface area contributed by atoms with Crippen molar-refractivity contribution in [2.75, 3.05) is 6.54 Å². The minimum absolute atomic E-state index is 0.00477. The second-order valence-corrected chi connectivity index (χ2v) is 8.44. The van der Waals surface area contributed by atoms with Crippen LogP contribution in [0.25, 0.3) is 0 Å². The Morgan fingerprint density at radius 1 is 1.11 bits per heavy atom. The highest BCUT2D eigenvalue weighted by molar-refractivity contribution is 6.05. The second-order valence-electron chi connectivity index (χ2n) is 8.44. The number of carbonyl (C=O) groups excluding carboxylic acids is 3. The van der Waals surface area contributed by atoms with Gasteiger partial charge in [-0.05, 0) is 42.4 Å². The fraction of sp³-hybridized carbons (Fsp3) is 0.500. The average Bonchev–Trinajstić information content (AvgIpc) is 2.85. The Hall–Kier alpha value is -2.43. The first-order valence-electron chi connectivity index (χ1n) is 9.50. The molecule has 0 spiro atoms. The average molecular weight is 369 g/mol. The minimum atomic E-state index is -0.435. The lowest BCUT2D eigenvalue weighted by atomic mass is 9.85. The van der Waals surface area contributed by atoms with Gasteiger partial charge in [-0.3, -0.25) is 19.3 Å². The van der Waals surface area contributed by atoms with E-state index in [-0.39, 0.29) is 42.0 Å². The molecule has 2 aliphatic rings. The van der Waals surface area contributed by atoms with Crippen LogP contribution in [0, 0.1) is 18.8 Å². The standard InChI is InChI=1S/C22H27NO4/c1-14-13-15(22(2,3)4)9-10-18(14)27-19(24)11-12-23-20(25)16-7-5-6-8-17(16)21(23)26/h5-6,9-10,13,16-17H,7-8,11-12H2,1-4H3/t16-,17-/m1/s1. The number of ether oxygens (including phenoxy) is 1. The molecule has 1 aliphatic heterocycles. The van der Waals surface area contributed by atoms with Crippen molar-refractivity contribution in [3.63, 3.8) is 0 Å². The van der Waals surface area contributed by atoms with Crippen molar-refractivity contribution in [2.24, 2.45) is 11.8 Å². The smallest absolute Gasteiger partial charge is 0.313 e. The highest BCUT2D eigenvalue weighted by atomic mass is 16.5. The van der Waals surface area contributed by atoms with Crippen LogP contribution in [0.5, 0.6) is 5.75 Å². The maximum atomic E-state index is 12.4. The summed E-state index contributed by atoms with van der Waals surface area (Å²) in [5.41, 5.74) is 2.08. The fourth-order valence-electron chi connectivity index (χ4n) is 3.70. The Kier molecular flexibility index (Phi) is 5.22. The SMILES string of the molecule is Cc1cc(C(C)(C)C)ccc1OC(=O)CCN1C(=O)[C@@H]2CC=CC[C@H]2C1=O. The van der Waals surface area contributed by atoms with Gasteiger partial charge in [0.2, 0.25) is 11.8 Å². The second kappa shape index (κ2) is 7.29. The normalized spacial score (nSPS) is 22.1. The van der Waals surface area contributed by atoms with Gasteiger partial charge in [0.1, 0.15) is 5.75 Å². The summed E-state index contributed by atoms with van der Waals surface area (Å²) in [5.74, 6) is -0.753. The molecule has 2 amide bonds. The molecular formula is C22H27NO4. The molecule has 0 N–H and O–H groups in total. The molecule has 0 aromatic heterocycles. The third kappa shape index (κ3) is 3.97. The zero-order chi connectivity index (χ0) is 19.8. The van der Waals surface area contributed by atoms with Gasteiger partial charge in [-0.1, -0.05) is 45.1 Å². The number of nitrogens with zero attached hydrogens (tertiary/aromatic N) is 1. The van der Waals surface area contributed by atoms with Crippen LogP contribution in [0.3, 0.4) is 0 Å². The molecule has 2 atom stereocenters. The first-order chi connectivity index (χ1) is 12.7. The molecule has 0 unspecified atom stereocenters. The van der Waals surface area contributed by atoms with E-state index in [1.54, 1.807) is 6.07 Å². The van der Waals surface area contributed by atoms with Crippen molar-refractivity contribution in [2.45, 2.75) is 52.4 Å². The van der Waals surface area contributed by atoms with E-state index in [2.05, 4.69) is 20.8 Å². The van der Waals surface area contributed by atoms with Crippen LogP contribution in [0.4, 0.5) is 0 Å². The third-order valence-corrected chi connectivity index (χ3v) is 5.40. The fourth-order valence-corrected chi connectivity index (χ4v) is 3.70. The van der Waals surface area contributed by atoms with Gasteiger partial charge in [0.15, 0.2) is 0 Å². The van der Waals surface area contributed by atoms with Crippen LogP contribution in [-0.2, 0) is 19.8 Å². The lowest BCUT2D eigenvalue weighted by Gasteiger charge is -2.20. The highest BCUT2D eigenvalue weighted by Gasteiger charge is 2.46. The van der Waals surface area contributed by atoms with E-state index >= 15 is 0 Å². The molecule has 5 nitrogen and oxygen atoms in total. The van der Waals surface area contributed by atoms with E-state index < -0.39 is 5.97 Å².